The Kier molecular flexibility index (Phi) is 9.94. The Labute approximate surface area is 249 Å². The van der Waals surface area contributed by atoms with Gasteiger partial charge in [-0.2, -0.15) is 13.2 Å². The highest BCUT2D eigenvalue weighted by Crippen LogP contribution is 2.30. The number of piperazine rings is 1. The summed E-state index contributed by atoms with van der Waals surface area (Å²) in [4.78, 5) is 23.1. The minimum atomic E-state index is -4.37. The predicted octanol–water partition coefficient (Wildman–Crippen LogP) is 6.68. The summed E-state index contributed by atoms with van der Waals surface area (Å²) in [6, 6.07) is 14.9. The van der Waals surface area contributed by atoms with E-state index in [1.807, 2.05) is 4.90 Å². The van der Waals surface area contributed by atoms with Crippen molar-refractivity contribution in [1.82, 2.24) is 14.7 Å². The van der Waals surface area contributed by atoms with Crippen LogP contribution in [0.1, 0.15) is 69.1 Å². The molecule has 0 aromatic heterocycles. The van der Waals surface area contributed by atoms with Crippen molar-refractivity contribution >= 4 is 17.7 Å². The third-order valence-electron chi connectivity index (χ3n) is 9.42. The zero-order chi connectivity index (χ0) is 29.7. The molecule has 3 aliphatic rings. The maximum absolute atomic E-state index is 13.6. The molecule has 0 radical (unpaired) electrons. The Morgan fingerprint density at radius 1 is 0.881 bits per heavy atom. The van der Waals surface area contributed by atoms with Gasteiger partial charge in [-0.25, -0.2) is 0 Å². The normalized spacial score (nSPS) is 20.2. The molecule has 0 spiro atoms. The number of rotatable bonds is 8. The Morgan fingerprint density at radius 2 is 1.50 bits per heavy atom. The zero-order valence-corrected chi connectivity index (χ0v) is 25.0. The highest BCUT2D eigenvalue weighted by Gasteiger charge is 2.32. The van der Waals surface area contributed by atoms with Crippen LogP contribution in [0.3, 0.4) is 0 Å². The minimum Gasteiger partial charge on any atom is -0.369 e. The molecule has 0 bridgehead atoms. The number of hydrogen-bond donors (Lipinski definition) is 0. The van der Waals surface area contributed by atoms with Crippen molar-refractivity contribution in [2.45, 2.75) is 83.2 Å². The average Bonchev–Trinajstić information content (AvgIpc) is 3.54. The van der Waals surface area contributed by atoms with Gasteiger partial charge in [0.1, 0.15) is 0 Å². The number of anilines is 1. The molecule has 3 fully saturated rings. The van der Waals surface area contributed by atoms with Gasteiger partial charge in [0.2, 0.25) is 5.91 Å². The molecule has 2 saturated heterocycles. The number of likely N-dealkylation sites (tertiary alicyclic amines) is 1. The van der Waals surface area contributed by atoms with Gasteiger partial charge in [-0.1, -0.05) is 37.1 Å². The number of piperidine rings is 1. The monoisotopic (exact) mass is 582 g/mol. The Morgan fingerprint density at radius 3 is 2.07 bits per heavy atom. The van der Waals surface area contributed by atoms with Gasteiger partial charge >= 0.3 is 6.18 Å². The molecule has 8 heteroatoms. The molecule has 5 nitrogen and oxygen atoms in total. The van der Waals surface area contributed by atoms with Gasteiger partial charge in [0.15, 0.2) is 0 Å². The van der Waals surface area contributed by atoms with E-state index >= 15 is 0 Å². The van der Waals surface area contributed by atoms with Crippen molar-refractivity contribution in [3.63, 3.8) is 0 Å². The van der Waals surface area contributed by atoms with Gasteiger partial charge < -0.3 is 14.7 Å². The molecule has 42 heavy (non-hydrogen) atoms. The fourth-order valence-corrected chi connectivity index (χ4v) is 6.77. The van der Waals surface area contributed by atoms with E-state index in [1.165, 1.54) is 49.6 Å². The van der Waals surface area contributed by atoms with Crippen LogP contribution in [0.15, 0.2) is 54.6 Å². The predicted molar refractivity (Wildman–Crippen MR) is 163 cm³/mol. The van der Waals surface area contributed by atoms with Crippen LogP contribution in [0.25, 0.3) is 6.08 Å². The number of benzene rings is 2. The Bertz CT molecular complexity index is 1170. The van der Waals surface area contributed by atoms with Crippen LogP contribution < -0.4 is 4.90 Å². The van der Waals surface area contributed by atoms with Crippen LogP contribution in [-0.4, -0.2) is 78.0 Å². The molecule has 2 aromatic carbocycles. The van der Waals surface area contributed by atoms with Crippen molar-refractivity contribution in [1.29, 1.82) is 0 Å². The average molecular weight is 583 g/mol. The van der Waals surface area contributed by atoms with Gasteiger partial charge in [0.05, 0.1) is 5.56 Å². The third-order valence-corrected chi connectivity index (χ3v) is 9.42. The second-order valence-electron chi connectivity index (χ2n) is 12.4. The van der Waals surface area contributed by atoms with E-state index in [4.69, 9.17) is 0 Å². The summed E-state index contributed by atoms with van der Waals surface area (Å²) in [6.07, 6.45) is 5.84. The zero-order valence-electron chi connectivity index (χ0n) is 25.0. The maximum atomic E-state index is 13.6. The molecule has 1 saturated carbocycles. The molecule has 2 heterocycles. The fraction of sp³-hybridized carbons (Fsp3) is 0.559. The lowest BCUT2D eigenvalue weighted by atomic mass is 9.99. The van der Waals surface area contributed by atoms with Crippen molar-refractivity contribution in [3.8, 4) is 0 Å². The van der Waals surface area contributed by atoms with E-state index in [1.54, 1.807) is 6.08 Å². The van der Waals surface area contributed by atoms with E-state index < -0.39 is 11.7 Å². The highest BCUT2D eigenvalue weighted by molar-refractivity contribution is 5.92. The Balaban J connectivity index is 1.26. The fourth-order valence-electron chi connectivity index (χ4n) is 6.77. The van der Waals surface area contributed by atoms with E-state index in [2.05, 4.69) is 52.8 Å². The third kappa shape index (κ3) is 7.75. The number of amides is 1. The Hall–Kier alpha value is -2.84. The first kappa shape index (κ1) is 30.6. The van der Waals surface area contributed by atoms with Crippen molar-refractivity contribution in [3.05, 3.63) is 71.3 Å². The van der Waals surface area contributed by atoms with Crippen molar-refractivity contribution in [2.24, 2.45) is 0 Å². The molecule has 2 aromatic rings. The van der Waals surface area contributed by atoms with E-state index in [0.717, 1.165) is 69.8 Å². The summed E-state index contributed by atoms with van der Waals surface area (Å²) in [7, 11) is 0. The number of carbonyl (C=O) groups excluding carboxylic acids is 1. The summed E-state index contributed by atoms with van der Waals surface area (Å²) in [5.41, 5.74) is 2.20. The number of carbonyl (C=O) groups is 1. The van der Waals surface area contributed by atoms with Crippen LogP contribution in [-0.2, 0) is 17.5 Å². The molecule has 5 rings (SSSR count). The van der Waals surface area contributed by atoms with Crippen LogP contribution in [0, 0.1) is 0 Å². The van der Waals surface area contributed by atoms with Crippen LogP contribution >= 0.6 is 0 Å². The molecular formula is C34H45F3N4O. The molecule has 0 unspecified atom stereocenters. The van der Waals surface area contributed by atoms with Crippen LogP contribution in [0.2, 0.25) is 0 Å². The van der Waals surface area contributed by atoms with Crippen LogP contribution in [0.4, 0.5) is 18.9 Å². The molecule has 1 amide bonds. The summed E-state index contributed by atoms with van der Waals surface area (Å²) in [6.45, 7) is 11.2. The van der Waals surface area contributed by atoms with E-state index in [9.17, 15) is 18.0 Å². The molecule has 228 valence electrons. The first-order valence-electron chi connectivity index (χ1n) is 15.7. The lowest BCUT2D eigenvalue weighted by Crippen LogP contribution is -2.49. The van der Waals surface area contributed by atoms with E-state index in [0.29, 0.717) is 24.2 Å². The lowest BCUT2D eigenvalue weighted by molar-refractivity contribution is -0.137. The second-order valence-corrected chi connectivity index (χ2v) is 12.4. The summed E-state index contributed by atoms with van der Waals surface area (Å²) < 4.78 is 38.9. The summed E-state index contributed by atoms with van der Waals surface area (Å²) >= 11 is 0. The smallest absolute Gasteiger partial charge is 0.369 e. The molecule has 1 aliphatic carbocycles. The molecule has 2 aliphatic heterocycles. The number of halogens is 3. The largest absolute Gasteiger partial charge is 0.416 e. The molecule has 0 atom stereocenters. The van der Waals surface area contributed by atoms with Crippen LogP contribution in [0.5, 0.6) is 0 Å². The van der Waals surface area contributed by atoms with Gasteiger partial charge in [-0.15, -0.1) is 0 Å². The first-order valence-corrected chi connectivity index (χ1v) is 15.7. The highest BCUT2D eigenvalue weighted by atomic mass is 19.4. The topological polar surface area (TPSA) is 30.0 Å². The molecular weight excluding hydrogens is 537 g/mol. The second kappa shape index (κ2) is 13.6. The number of nitrogens with zero attached hydrogens (tertiary/aromatic N) is 4. The summed E-state index contributed by atoms with van der Waals surface area (Å²) in [5, 5.41) is 0. The quantitative estimate of drug-likeness (QED) is 0.325. The van der Waals surface area contributed by atoms with Crippen molar-refractivity contribution < 1.29 is 18.0 Å². The standard InChI is InChI=1S/C34H45F3N4O/c1-26(2)38-21-23-40(24-22-38)31-14-9-28(10-15-31)25-41(32-17-19-39(20-18-32)30-5-3-4-6-30)33(42)16-11-27-7-12-29(13-8-27)34(35,36)37/h7-16,26,30,32H,3-6,17-25H2,1-2H3. The van der Waals surface area contributed by atoms with Crippen molar-refractivity contribution in [2.75, 3.05) is 44.2 Å². The van der Waals surface area contributed by atoms with Gasteiger partial charge in [0.25, 0.3) is 0 Å². The number of hydrogen-bond acceptors (Lipinski definition) is 4. The lowest BCUT2D eigenvalue weighted by Gasteiger charge is -2.40. The minimum absolute atomic E-state index is 0.0944. The summed E-state index contributed by atoms with van der Waals surface area (Å²) in [5.74, 6) is -0.0944. The van der Waals surface area contributed by atoms with Gasteiger partial charge in [-0.3, -0.25) is 9.69 Å². The maximum Gasteiger partial charge on any atom is 0.416 e. The van der Waals surface area contributed by atoms with Gasteiger partial charge in [0, 0.05) is 75.7 Å². The molecule has 0 N–H and O–H groups in total. The van der Waals surface area contributed by atoms with Gasteiger partial charge in [-0.05, 0) is 81.0 Å². The SMILES string of the molecule is CC(C)N1CCN(c2ccc(CN(C(=O)C=Cc3ccc(C(F)(F)F)cc3)C3CCN(C4CCCC4)CC3)cc2)CC1. The van der Waals surface area contributed by atoms with E-state index in [-0.39, 0.29) is 11.9 Å². The first-order chi connectivity index (χ1) is 20.2. The number of alkyl halides is 3.